The van der Waals surface area contributed by atoms with E-state index in [1.807, 2.05) is 42.3 Å². The number of aryl methyl sites for hydroxylation is 1. The molecule has 1 aromatic carbocycles. The van der Waals surface area contributed by atoms with Crippen LogP contribution in [0, 0.1) is 6.92 Å². The van der Waals surface area contributed by atoms with Gasteiger partial charge in [-0.25, -0.2) is 5.01 Å². The summed E-state index contributed by atoms with van der Waals surface area (Å²) in [6.45, 7) is 5.41. The highest BCUT2D eigenvalue weighted by Crippen LogP contribution is 2.32. The fourth-order valence-electron chi connectivity index (χ4n) is 3.15. The Kier molecular flexibility index (Phi) is 8.23. The van der Waals surface area contributed by atoms with Gasteiger partial charge in [-0.2, -0.15) is 0 Å². The van der Waals surface area contributed by atoms with Gasteiger partial charge in [0.05, 0.1) is 18.1 Å². The first-order valence-corrected chi connectivity index (χ1v) is 11.2. The molecule has 8 heteroatoms. The van der Waals surface area contributed by atoms with Crippen LogP contribution in [0.2, 0.25) is 0 Å². The third-order valence-electron chi connectivity index (χ3n) is 4.83. The molecule has 2 saturated heterocycles. The van der Waals surface area contributed by atoms with E-state index in [2.05, 4.69) is 5.43 Å². The zero-order valence-electron chi connectivity index (χ0n) is 16.7. The lowest BCUT2D eigenvalue weighted by molar-refractivity contribution is -0.128. The highest BCUT2D eigenvalue weighted by atomic mass is 32.2. The molecule has 156 valence electrons. The molecule has 0 aromatic heterocycles. The molecule has 2 aliphatic rings. The Hall–Kier alpha value is -1.74. The van der Waals surface area contributed by atoms with Gasteiger partial charge in [0.1, 0.15) is 4.32 Å². The summed E-state index contributed by atoms with van der Waals surface area (Å²) < 4.78 is 5.87. The van der Waals surface area contributed by atoms with Crippen molar-refractivity contribution in [1.29, 1.82) is 0 Å². The number of benzene rings is 1. The maximum absolute atomic E-state index is 12.7. The molecule has 0 atom stereocenters. The molecule has 0 saturated carbocycles. The summed E-state index contributed by atoms with van der Waals surface area (Å²) in [5.41, 5.74) is 5.11. The number of hydrogen-bond acceptors (Lipinski definition) is 6. The van der Waals surface area contributed by atoms with Crippen molar-refractivity contribution >= 4 is 46.2 Å². The number of unbranched alkanes of at least 4 members (excludes halogenated alkanes) is 2. The van der Waals surface area contributed by atoms with E-state index in [4.69, 9.17) is 17.0 Å². The van der Waals surface area contributed by atoms with Crippen molar-refractivity contribution in [3.05, 3.63) is 40.3 Å². The van der Waals surface area contributed by atoms with Crippen molar-refractivity contribution in [3.63, 3.8) is 0 Å². The van der Waals surface area contributed by atoms with E-state index >= 15 is 0 Å². The lowest BCUT2D eigenvalue weighted by Crippen LogP contribution is -2.48. The largest absolute Gasteiger partial charge is 0.379 e. The monoisotopic (exact) mass is 433 g/mol. The Labute approximate surface area is 181 Å². The Morgan fingerprint density at radius 2 is 1.93 bits per heavy atom. The van der Waals surface area contributed by atoms with Gasteiger partial charge in [0.15, 0.2) is 0 Å². The second-order valence-electron chi connectivity index (χ2n) is 7.19. The first kappa shape index (κ1) is 22.0. The fraction of sp³-hybridized carbons (Fsp3) is 0.476. The van der Waals surface area contributed by atoms with Crippen LogP contribution in [0.4, 0.5) is 0 Å². The lowest BCUT2D eigenvalue weighted by atomic mass is 10.1. The predicted molar refractivity (Wildman–Crippen MR) is 120 cm³/mol. The molecule has 3 rings (SSSR count). The average Bonchev–Trinajstić information content (AvgIpc) is 2.97. The van der Waals surface area contributed by atoms with Crippen LogP contribution < -0.4 is 5.43 Å². The summed E-state index contributed by atoms with van der Waals surface area (Å²) in [4.78, 5) is 27.0. The van der Waals surface area contributed by atoms with E-state index in [0.29, 0.717) is 35.4 Å². The smallest absolute Gasteiger partial charge is 0.266 e. The van der Waals surface area contributed by atoms with Crippen LogP contribution >= 0.6 is 24.0 Å². The number of nitrogens with zero attached hydrogens (tertiary/aromatic N) is 2. The molecule has 2 amide bonds. The molecule has 0 radical (unpaired) electrons. The summed E-state index contributed by atoms with van der Waals surface area (Å²) >= 11 is 6.75. The van der Waals surface area contributed by atoms with E-state index in [1.165, 1.54) is 17.3 Å². The number of nitrogens with one attached hydrogen (secondary N) is 1. The summed E-state index contributed by atoms with van der Waals surface area (Å²) in [6, 6.07) is 8.07. The van der Waals surface area contributed by atoms with Crippen LogP contribution in [0.3, 0.4) is 0 Å². The van der Waals surface area contributed by atoms with E-state index in [0.717, 1.165) is 37.9 Å². The minimum Gasteiger partial charge on any atom is -0.379 e. The number of carbonyl (C=O) groups excluding carboxylic acids is 2. The standard InChI is InChI=1S/C21H27N3O3S2/c1-16-6-8-17(9-7-16)15-18-20(26)24(21(28)29-18)10-4-2-3-5-19(25)22-23-11-13-27-14-12-23/h6-9,15H,2-5,10-14H2,1H3,(H,22,25)/b18-15-. The molecule has 1 N–H and O–H groups in total. The number of hydrogen-bond donors (Lipinski definition) is 1. The first-order chi connectivity index (χ1) is 14.0. The highest BCUT2D eigenvalue weighted by Gasteiger charge is 2.31. The maximum Gasteiger partial charge on any atom is 0.266 e. The van der Waals surface area contributed by atoms with Crippen LogP contribution in [0.5, 0.6) is 0 Å². The van der Waals surface area contributed by atoms with Crippen molar-refractivity contribution in [1.82, 2.24) is 15.3 Å². The number of morpholine rings is 1. The third-order valence-corrected chi connectivity index (χ3v) is 6.21. The summed E-state index contributed by atoms with van der Waals surface area (Å²) in [5, 5.41) is 1.91. The van der Waals surface area contributed by atoms with E-state index in [1.54, 1.807) is 4.90 Å². The molecule has 0 unspecified atom stereocenters. The van der Waals surface area contributed by atoms with Gasteiger partial charge in [0, 0.05) is 26.1 Å². The van der Waals surface area contributed by atoms with E-state index < -0.39 is 0 Å². The molecule has 2 fully saturated rings. The number of carbonyl (C=O) groups is 2. The number of thiocarbonyl (C=S) groups is 1. The second kappa shape index (κ2) is 10.9. The van der Waals surface area contributed by atoms with Gasteiger partial charge in [-0.1, -0.05) is 60.2 Å². The molecular formula is C21H27N3O3S2. The van der Waals surface area contributed by atoms with Crippen molar-refractivity contribution in [2.45, 2.75) is 32.6 Å². The molecule has 2 aliphatic heterocycles. The molecular weight excluding hydrogens is 406 g/mol. The third kappa shape index (κ3) is 6.64. The van der Waals surface area contributed by atoms with Crippen molar-refractivity contribution < 1.29 is 14.3 Å². The molecule has 1 aromatic rings. The van der Waals surface area contributed by atoms with E-state index in [9.17, 15) is 9.59 Å². The highest BCUT2D eigenvalue weighted by molar-refractivity contribution is 8.26. The molecule has 29 heavy (non-hydrogen) atoms. The molecule has 0 spiro atoms. The quantitative estimate of drug-likeness (QED) is 0.386. The lowest BCUT2D eigenvalue weighted by Gasteiger charge is -2.26. The summed E-state index contributed by atoms with van der Waals surface area (Å²) in [7, 11) is 0. The van der Waals surface area contributed by atoms with Gasteiger partial charge in [0.25, 0.3) is 5.91 Å². The number of rotatable bonds is 8. The zero-order valence-corrected chi connectivity index (χ0v) is 18.3. The maximum atomic E-state index is 12.7. The summed E-state index contributed by atoms with van der Waals surface area (Å²) in [6.07, 6.45) is 4.89. The molecule has 2 heterocycles. The minimum absolute atomic E-state index is 0.0226. The second-order valence-corrected chi connectivity index (χ2v) is 8.86. The van der Waals surface area contributed by atoms with Gasteiger partial charge in [-0.15, -0.1) is 0 Å². The van der Waals surface area contributed by atoms with Crippen LogP contribution in [-0.4, -0.2) is 58.9 Å². The summed E-state index contributed by atoms with van der Waals surface area (Å²) in [5.74, 6) is 0.0178. The number of thioether (sulfide) groups is 1. The Bertz CT molecular complexity index is 774. The van der Waals surface area contributed by atoms with Crippen molar-refractivity contribution in [3.8, 4) is 0 Å². The number of amides is 2. The molecule has 6 nitrogen and oxygen atoms in total. The zero-order chi connectivity index (χ0) is 20.6. The Morgan fingerprint density at radius 3 is 2.66 bits per heavy atom. The SMILES string of the molecule is Cc1ccc(/C=C2\SC(=S)N(CCCCCC(=O)NN3CCOCC3)C2=O)cc1. The van der Waals surface area contributed by atoms with Crippen LogP contribution in [0.1, 0.15) is 36.8 Å². The van der Waals surface area contributed by atoms with Crippen molar-refractivity contribution in [2.24, 2.45) is 0 Å². The molecule has 0 aliphatic carbocycles. The average molecular weight is 434 g/mol. The number of ether oxygens (including phenoxy) is 1. The predicted octanol–water partition coefficient (Wildman–Crippen LogP) is 3.12. The van der Waals surface area contributed by atoms with Gasteiger partial charge in [0.2, 0.25) is 5.91 Å². The van der Waals surface area contributed by atoms with Crippen LogP contribution in [0.15, 0.2) is 29.2 Å². The minimum atomic E-state index is -0.0226. The fourth-order valence-corrected chi connectivity index (χ4v) is 4.46. The Morgan fingerprint density at radius 1 is 1.21 bits per heavy atom. The van der Waals surface area contributed by atoms with Crippen molar-refractivity contribution in [2.75, 3.05) is 32.8 Å². The normalized spacial score (nSPS) is 19.2. The van der Waals surface area contributed by atoms with Gasteiger partial charge >= 0.3 is 0 Å². The van der Waals surface area contributed by atoms with Gasteiger partial charge in [-0.05, 0) is 31.4 Å². The van der Waals surface area contributed by atoms with Crippen LogP contribution in [-0.2, 0) is 14.3 Å². The Balaban J connectivity index is 1.38. The topological polar surface area (TPSA) is 61.9 Å². The number of hydrazine groups is 1. The van der Waals surface area contributed by atoms with Crippen LogP contribution in [0.25, 0.3) is 6.08 Å². The van der Waals surface area contributed by atoms with Gasteiger partial charge < -0.3 is 4.74 Å². The molecule has 0 bridgehead atoms. The van der Waals surface area contributed by atoms with Gasteiger partial charge in [-0.3, -0.25) is 19.9 Å². The first-order valence-electron chi connectivity index (χ1n) is 9.97. The van der Waals surface area contributed by atoms with E-state index in [-0.39, 0.29) is 11.8 Å².